The van der Waals surface area contributed by atoms with E-state index in [-0.39, 0.29) is 0 Å². The molecule has 1 atom stereocenters. The van der Waals surface area contributed by atoms with Crippen molar-refractivity contribution in [1.82, 2.24) is 15.3 Å². The summed E-state index contributed by atoms with van der Waals surface area (Å²) in [5.41, 5.74) is 3.51. The van der Waals surface area contributed by atoms with Crippen LogP contribution in [-0.4, -0.2) is 36.1 Å². The molecule has 0 radical (unpaired) electrons. The van der Waals surface area contributed by atoms with Crippen LogP contribution < -0.4 is 10.2 Å². The van der Waals surface area contributed by atoms with Gasteiger partial charge in [-0.3, -0.25) is 0 Å². The van der Waals surface area contributed by atoms with Crippen LogP contribution >= 0.6 is 0 Å². The number of anilines is 1. The molecule has 1 N–H and O–H groups in total. The van der Waals surface area contributed by atoms with E-state index >= 15 is 0 Å². The first kappa shape index (κ1) is 15.9. The molecule has 0 saturated carbocycles. The summed E-state index contributed by atoms with van der Waals surface area (Å²) in [6.07, 6.45) is 0. The second-order valence-corrected chi connectivity index (χ2v) is 4.99. The van der Waals surface area contributed by atoms with Crippen LogP contribution in [0.2, 0.25) is 0 Å². The molecule has 0 spiro atoms. The Labute approximate surface area is 117 Å². The first-order valence-electron chi connectivity index (χ1n) is 7.35. The summed E-state index contributed by atoms with van der Waals surface area (Å²) in [7, 11) is 0. The number of nitrogens with one attached hydrogen (secondary N) is 1. The maximum Gasteiger partial charge on any atom is 0.225 e. The Hall–Kier alpha value is -1.16. The predicted octanol–water partition coefficient (Wildman–Crippen LogP) is 2.65. The van der Waals surface area contributed by atoms with Crippen molar-refractivity contribution in [2.45, 2.75) is 47.5 Å². The lowest BCUT2D eigenvalue weighted by molar-refractivity contribution is 0.623. The standard InChI is InChI=1S/C15H28N4/c1-7-16-10-11(4)14-12(5)17-15(18-13(14)6)19(8-2)9-3/h11,16H,7-10H2,1-6H3. The molecule has 1 aromatic heterocycles. The predicted molar refractivity (Wildman–Crippen MR) is 82.0 cm³/mol. The molecule has 0 aliphatic rings. The molecule has 4 nitrogen and oxygen atoms in total. The molecule has 0 aromatic carbocycles. The molecule has 1 rings (SSSR count). The van der Waals surface area contributed by atoms with Gasteiger partial charge in [-0.05, 0) is 45.7 Å². The highest BCUT2D eigenvalue weighted by molar-refractivity contribution is 5.38. The molecule has 0 amide bonds. The highest BCUT2D eigenvalue weighted by Crippen LogP contribution is 2.23. The van der Waals surface area contributed by atoms with Gasteiger partial charge in [0.25, 0.3) is 0 Å². The van der Waals surface area contributed by atoms with E-state index < -0.39 is 0 Å². The van der Waals surface area contributed by atoms with E-state index in [2.05, 4.69) is 51.8 Å². The molecule has 1 heterocycles. The van der Waals surface area contributed by atoms with Crippen LogP contribution in [0.5, 0.6) is 0 Å². The Kier molecular flexibility index (Phi) is 6.22. The Balaban J connectivity index is 3.03. The maximum absolute atomic E-state index is 4.69. The fourth-order valence-electron chi connectivity index (χ4n) is 2.53. The molecule has 0 fully saturated rings. The molecular formula is C15H28N4. The van der Waals surface area contributed by atoms with Crippen LogP contribution in [0.25, 0.3) is 0 Å². The Bertz CT molecular complexity index is 376. The smallest absolute Gasteiger partial charge is 0.225 e. The van der Waals surface area contributed by atoms with Crippen LogP contribution in [0, 0.1) is 13.8 Å². The molecular weight excluding hydrogens is 236 g/mol. The normalized spacial score (nSPS) is 12.5. The summed E-state index contributed by atoms with van der Waals surface area (Å²) in [4.78, 5) is 11.6. The minimum absolute atomic E-state index is 0.450. The van der Waals surface area contributed by atoms with Crippen molar-refractivity contribution in [3.8, 4) is 0 Å². The average molecular weight is 264 g/mol. The second-order valence-electron chi connectivity index (χ2n) is 4.99. The minimum Gasteiger partial charge on any atom is -0.341 e. The Morgan fingerprint density at radius 1 is 1.05 bits per heavy atom. The largest absolute Gasteiger partial charge is 0.341 e. The van der Waals surface area contributed by atoms with Crippen molar-refractivity contribution in [2.24, 2.45) is 0 Å². The van der Waals surface area contributed by atoms with Gasteiger partial charge in [0.05, 0.1) is 0 Å². The maximum atomic E-state index is 4.69. The third kappa shape index (κ3) is 3.90. The fraction of sp³-hybridized carbons (Fsp3) is 0.733. The number of aryl methyl sites for hydroxylation is 2. The van der Waals surface area contributed by atoms with E-state index in [1.807, 2.05) is 0 Å². The zero-order valence-corrected chi connectivity index (χ0v) is 13.2. The first-order chi connectivity index (χ1) is 9.04. The Morgan fingerprint density at radius 2 is 1.58 bits per heavy atom. The van der Waals surface area contributed by atoms with Gasteiger partial charge in [-0.2, -0.15) is 0 Å². The highest BCUT2D eigenvalue weighted by atomic mass is 15.2. The van der Waals surface area contributed by atoms with Gasteiger partial charge in [-0.1, -0.05) is 13.8 Å². The lowest BCUT2D eigenvalue weighted by Crippen LogP contribution is -2.26. The summed E-state index contributed by atoms with van der Waals surface area (Å²) in [6.45, 7) is 16.7. The van der Waals surface area contributed by atoms with Gasteiger partial charge in [-0.15, -0.1) is 0 Å². The molecule has 0 aliphatic heterocycles. The van der Waals surface area contributed by atoms with Gasteiger partial charge in [-0.25, -0.2) is 9.97 Å². The van der Waals surface area contributed by atoms with Gasteiger partial charge in [0.2, 0.25) is 5.95 Å². The summed E-state index contributed by atoms with van der Waals surface area (Å²) < 4.78 is 0. The lowest BCUT2D eigenvalue weighted by atomic mass is 9.98. The van der Waals surface area contributed by atoms with Crippen molar-refractivity contribution >= 4 is 5.95 Å². The Morgan fingerprint density at radius 3 is 2.00 bits per heavy atom. The topological polar surface area (TPSA) is 41.1 Å². The van der Waals surface area contributed by atoms with Crippen LogP contribution in [0.3, 0.4) is 0 Å². The monoisotopic (exact) mass is 264 g/mol. The van der Waals surface area contributed by atoms with Crippen molar-refractivity contribution in [2.75, 3.05) is 31.1 Å². The van der Waals surface area contributed by atoms with Gasteiger partial charge in [0, 0.05) is 31.0 Å². The summed E-state index contributed by atoms with van der Waals surface area (Å²) in [5, 5.41) is 3.39. The van der Waals surface area contributed by atoms with E-state index in [1.54, 1.807) is 0 Å². The van der Waals surface area contributed by atoms with E-state index in [4.69, 9.17) is 9.97 Å². The van der Waals surface area contributed by atoms with Crippen molar-refractivity contribution in [1.29, 1.82) is 0 Å². The molecule has 0 bridgehead atoms. The first-order valence-corrected chi connectivity index (χ1v) is 7.35. The third-order valence-corrected chi connectivity index (χ3v) is 3.55. The summed E-state index contributed by atoms with van der Waals surface area (Å²) in [6, 6.07) is 0. The number of hydrogen-bond donors (Lipinski definition) is 1. The average Bonchev–Trinajstić information content (AvgIpc) is 2.37. The van der Waals surface area contributed by atoms with Gasteiger partial charge >= 0.3 is 0 Å². The summed E-state index contributed by atoms with van der Waals surface area (Å²) >= 11 is 0. The lowest BCUT2D eigenvalue weighted by Gasteiger charge is -2.22. The van der Waals surface area contributed by atoms with E-state index in [0.29, 0.717) is 5.92 Å². The number of rotatable bonds is 7. The quantitative estimate of drug-likeness (QED) is 0.822. The molecule has 0 saturated heterocycles. The van der Waals surface area contributed by atoms with Gasteiger partial charge in [0.15, 0.2) is 0 Å². The van der Waals surface area contributed by atoms with Crippen LogP contribution in [0.1, 0.15) is 50.6 Å². The number of nitrogens with zero attached hydrogens (tertiary/aromatic N) is 3. The van der Waals surface area contributed by atoms with Crippen molar-refractivity contribution in [3.05, 3.63) is 17.0 Å². The number of hydrogen-bond acceptors (Lipinski definition) is 4. The molecule has 0 aliphatic carbocycles. The van der Waals surface area contributed by atoms with E-state index in [0.717, 1.165) is 43.5 Å². The second kappa shape index (κ2) is 7.43. The third-order valence-electron chi connectivity index (χ3n) is 3.55. The highest BCUT2D eigenvalue weighted by Gasteiger charge is 2.16. The zero-order chi connectivity index (χ0) is 14.4. The molecule has 108 valence electrons. The molecule has 19 heavy (non-hydrogen) atoms. The SMILES string of the molecule is CCNCC(C)c1c(C)nc(N(CC)CC)nc1C. The molecule has 1 unspecified atom stereocenters. The van der Waals surface area contributed by atoms with Crippen LogP contribution in [-0.2, 0) is 0 Å². The van der Waals surface area contributed by atoms with Crippen LogP contribution in [0.15, 0.2) is 0 Å². The zero-order valence-electron chi connectivity index (χ0n) is 13.2. The molecule has 4 heteroatoms. The fourth-order valence-corrected chi connectivity index (χ4v) is 2.53. The molecule has 1 aromatic rings. The van der Waals surface area contributed by atoms with Gasteiger partial charge < -0.3 is 10.2 Å². The minimum atomic E-state index is 0.450. The van der Waals surface area contributed by atoms with Crippen molar-refractivity contribution < 1.29 is 0 Å². The van der Waals surface area contributed by atoms with Crippen LogP contribution in [0.4, 0.5) is 5.95 Å². The van der Waals surface area contributed by atoms with E-state index in [9.17, 15) is 0 Å². The summed E-state index contributed by atoms with van der Waals surface area (Å²) in [5.74, 6) is 1.31. The number of likely N-dealkylation sites (N-methyl/N-ethyl adjacent to an activating group) is 1. The van der Waals surface area contributed by atoms with E-state index in [1.165, 1.54) is 5.56 Å². The van der Waals surface area contributed by atoms with Crippen molar-refractivity contribution in [3.63, 3.8) is 0 Å². The van der Waals surface area contributed by atoms with Gasteiger partial charge in [0.1, 0.15) is 0 Å². The number of aromatic nitrogens is 2.